The zero-order valence-corrected chi connectivity index (χ0v) is 17.1. The van der Waals surface area contributed by atoms with Gasteiger partial charge in [0.05, 0.1) is 18.0 Å². The number of hydrogen-bond donors (Lipinski definition) is 1. The molecule has 2 saturated heterocycles. The van der Waals surface area contributed by atoms with Crippen molar-refractivity contribution in [3.05, 3.63) is 23.5 Å². The fraction of sp³-hybridized carbons (Fsp3) is 0.550. The highest BCUT2D eigenvalue weighted by atomic mass is 19.3. The van der Waals surface area contributed by atoms with Gasteiger partial charge in [-0.1, -0.05) is 0 Å². The number of aryl methyl sites for hydroxylation is 1. The number of benzene rings is 1. The smallest absolute Gasteiger partial charge is 0.295 e. The molecule has 0 aliphatic carbocycles. The number of rotatable bonds is 3. The van der Waals surface area contributed by atoms with E-state index in [1.165, 1.54) is 21.7 Å². The minimum Gasteiger partial charge on any atom is -0.295 e. The molecule has 0 spiro atoms. The van der Waals surface area contributed by atoms with Crippen LogP contribution in [0.15, 0.2) is 12.1 Å². The van der Waals surface area contributed by atoms with E-state index >= 15 is 4.39 Å². The van der Waals surface area contributed by atoms with Crippen LogP contribution < -0.4 is 10.2 Å². The molecule has 2 aliphatic heterocycles. The number of aromatic nitrogens is 2. The van der Waals surface area contributed by atoms with Gasteiger partial charge < -0.3 is 0 Å². The standard InChI is InChI=1S/C20H24F3N5O2.H2/c1-11(2)27-6-4-14(20(22,23)10-27)12-9-16-13(8-15(12)21)18(25-26(16)3)28-7-5-17(29)24-19(28)30;/h8-9,11,14H,4-7,10H2,1-3H3,(H,24,29,30);1H. The van der Waals surface area contributed by atoms with Crippen LogP contribution in [0.3, 0.4) is 0 Å². The molecule has 1 aromatic heterocycles. The van der Waals surface area contributed by atoms with Gasteiger partial charge in [0.2, 0.25) is 5.91 Å². The molecular weight excluding hydrogens is 399 g/mol. The van der Waals surface area contributed by atoms with Gasteiger partial charge in [0.15, 0.2) is 5.82 Å². The Labute approximate surface area is 173 Å². The average molecular weight is 425 g/mol. The maximum Gasteiger partial charge on any atom is 0.329 e. The van der Waals surface area contributed by atoms with Crippen molar-refractivity contribution in [2.24, 2.45) is 7.05 Å². The summed E-state index contributed by atoms with van der Waals surface area (Å²) < 4.78 is 46.3. The molecule has 30 heavy (non-hydrogen) atoms. The molecule has 1 N–H and O–H groups in total. The molecule has 4 rings (SSSR count). The van der Waals surface area contributed by atoms with E-state index in [-0.39, 0.29) is 44.1 Å². The highest BCUT2D eigenvalue weighted by Gasteiger charge is 2.47. The lowest BCUT2D eigenvalue weighted by molar-refractivity contribution is -0.120. The van der Waals surface area contributed by atoms with Gasteiger partial charge in [-0.05, 0) is 44.5 Å². The lowest BCUT2D eigenvalue weighted by Crippen LogP contribution is -2.50. The number of nitrogens with zero attached hydrogens (tertiary/aromatic N) is 4. The average Bonchev–Trinajstić information content (AvgIpc) is 2.96. The van der Waals surface area contributed by atoms with Crippen molar-refractivity contribution < 1.29 is 24.2 Å². The van der Waals surface area contributed by atoms with E-state index in [0.717, 1.165) is 0 Å². The number of imide groups is 1. The van der Waals surface area contributed by atoms with Crippen LogP contribution in [0.1, 0.15) is 39.6 Å². The number of carbonyl (C=O) groups is 2. The van der Waals surface area contributed by atoms with Crippen molar-refractivity contribution >= 4 is 28.7 Å². The molecule has 164 valence electrons. The van der Waals surface area contributed by atoms with Crippen molar-refractivity contribution in [2.75, 3.05) is 24.5 Å². The molecule has 2 aliphatic rings. The van der Waals surface area contributed by atoms with Crippen molar-refractivity contribution in [1.29, 1.82) is 0 Å². The zero-order valence-electron chi connectivity index (χ0n) is 17.1. The fourth-order valence-corrected chi connectivity index (χ4v) is 4.30. The highest BCUT2D eigenvalue weighted by molar-refractivity contribution is 6.08. The van der Waals surface area contributed by atoms with Crippen LogP contribution in [0, 0.1) is 5.82 Å². The number of nitrogens with one attached hydrogen (secondary N) is 1. The van der Waals surface area contributed by atoms with Gasteiger partial charge >= 0.3 is 6.03 Å². The Kier molecular flexibility index (Phi) is 5.00. The first-order valence-corrected chi connectivity index (χ1v) is 9.98. The maximum absolute atomic E-state index is 15.1. The molecule has 3 amide bonds. The van der Waals surface area contributed by atoms with Crippen LogP contribution in [0.25, 0.3) is 10.9 Å². The van der Waals surface area contributed by atoms with Crippen LogP contribution >= 0.6 is 0 Å². The van der Waals surface area contributed by atoms with Gasteiger partial charge in [0.25, 0.3) is 5.92 Å². The third kappa shape index (κ3) is 3.42. The molecule has 2 fully saturated rings. The van der Waals surface area contributed by atoms with Gasteiger partial charge in [-0.15, -0.1) is 0 Å². The van der Waals surface area contributed by atoms with E-state index in [1.807, 2.05) is 13.8 Å². The van der Waals surface area contributed by atoms with Crippen molar-refractivity contribution in [1.82, 2.24) is 20.0 Å². The zero-order chi connectivity index (χ0) is 21.8. The number of piperidine rings is 1. The molecule has 3 heterocycles. The summed E-state index contributed by atoms with van der Waals surface area (Å²) in [6, 6.07) is 1.94. The Morgan fingerprint density at radius 2 is 2.00 bits per heavy atom. The van der Waals surface area contributed by atoms with Crippen molar-refractivity contribution in [3.8, 4) is 0 Å². The van der Waals surface area contributed by atoms with Gasteiger partial charge in [0, 0.05) is 32.9 Å². The molecule has 0 saturated carbocycles. The van der Waals surface area contributed by atoms with Crippen LogP contribution in [0.5, 0.6) is 0 Å². The first kappa shape index (κ1) is 20.6. The van der Waals surface area contributed by atoms with E-state index in [4.69, 9.17) is 0 Å². The number of halogens is 3. The van der Waals surface area contributed by atoms with E-state index in [9.17, 15) is 18.4 Å². The third-order valence-corrected chi connectivity index (χ3v) is 5.99. The van der Waals surface area contributed by atoms with E-state index < -0.39 is 30.2 Å². The number of fused-ring (bicyclic) bond motifs is 1. The Morgan fingerprint density at radius 3 is 2.63 bits per heavy atom. The molecule has 0 radical (unpaired) electrons. The summed E-state index contributed by atoms with van der Waals surface area (Å²) in [6.07, 6.45) is 0.250. The Bertz CT molecular complexity index is 1030. The van der Waals surface area contributed by atoms with Crippen molar-refractivity contribution in [2.45, 2.75) is 44.6 Å². The first-order valence-electron chi connectivity index (χ1n) is 9.98. The summed E-state index contributed by atoms with van der Waals surface area (Å²) >= 11 is 0. The van der Waals surface area contributed by atoms with Crippen LogP contribution in [-0.4, -0.2) is 58.2 Å². The van der Waals surface area contributed by atoms with Crippen LogP contribution in [-0.2, 0) is 11.8 Å². The molecule has 2 aromatic rings. The first-order chi connectivity index (χ1) is 14.1. The molecule has 7 nitrogen and oxygen atoms in total. The SMILES string of the molecule is CC(C)N1CCC(c2cc3c(cc2F)c(N2CCC(=O)NC2=O)nn3C)C(F)(F)C1.[HH]. The van der Waals surface area contributed by atoms with Crippen molar-refractivity contribution in [3.63, 3.8) is 0 Å². The number of urea groups is 1. The van der Waals surface area contributed by atoms with Crippen LogP contribution in [0.2, 0.25) is 0 Å². The molecule has 0 bridgehead atoms. The molecule has 10 heteroatoms. The van der Waals surface area contributed by atoms with Crippen LogP contribution in [0.4, 0.5) is 23.8 Å². The summed E-state index contributed by atoms with van der Waals surface area (Å²) in [4.78, 5) is 26.5. The third-order valence-electron chi connectivity index (χ3n) is 5.99. The predicted molar refractivity (Wildman–Crippen MR) is 107 cm³/mol. The second-order valence-corrected chi connectivity index (χ2v) is 8.26. The lowest BCUT2D eigenvalue weighted by atomic mass is 9.85. The summed E-state index contributed by atoms with van der Waals surface area (Å²) in [5.74, 6) is -5.23. The maximum atomic E-state index is 15.1. The molecule has 1 aromatic carbocycles. The second kappa shape index (κ2) is 7.26. The summed E-state index contributed by atoms with van der Waals surface area (Å²) in [6.45, 7) is 3.90. The quantitative estimate of drug-likeness (QED) is 0.820. The van der Waals surface area contributed by atoms with Gasteiger partial charge in [0.1, 0.15) is 5.82 Å². The number of likely N-dealkylation sites (tertiary alicyclic amines) is 1. The number of carbonyl (C=O) groups excluding carboxylic acids is 2. The number of hydrogen-bond acceptors (Lipinski definition) is 4. The second-order valence-electron chi connectivity index (χ2n) is 8.26. The number of amides is 3. The topological polar surface area (TPSA) is 70.5 Å². The highest BCUT2D eigenvalue weighted by Crippen LogP contribution is 2.43. The Balaban J connectivity index is 0.00000272. The fourth-order valence-electron chi connectivity index (χ4n) is 4.30. The summed E-state index contributed by atoms with van der Waals surface area (Å²) in [7, 11) is 1.61. The lowest BCUT2D eigenvalue weighted by Gasteiger charge is -2.40. The minimum atomic E-state index is -3.06. The molecule has 1 atom stereocenters. The predicted octanol–water partition coefficient (Wildman–Crippen LogP) is 3.24. The van der Waals surface area contributed by atoms with Gasteiger partial charge in [-0.2, -0.15) is 5.10 Å². The Hall–Kier alpha value is -2.62. The Morgan fingerprint density at radius 1 is 1.27 bits per heavy atom. The number of alkyl halides is 2. The van der Waals surface area contributed by atoms with E-state index in [1.54, 1.807) is 11.9 Å². The largest absolute Gasteiger partial charge is 0.329 e. The normalized spacial score (nSPS) is 22.8. The van der Waals surface area contributed by atoms with E-state index in [2.05, 4.69) is 10.4 Å². The van der Waals surface area contributed by atoms with Gasteiger partial charge in [-0.3, -0.25) is 24.6 Å². The number of anilines is 1. The minimum absolute atomic E-state index is 0. The van der Waals surface area contributed by atoms with Gasteiger partial charge in [-0.25, -0.2) is 18.0 Å². The summed E-state index contributed by atoms with van der Waals surface area (Å²) in [5.41, 5.74) is 0.414. The van der Waals surface area contributed by atoms with E-state index in [0.29, 0.717) is 17.4 Å². The monoisotopic (exact) mass is 425 g/mol. The molecular formula is C20H26F3N5O2. The molecule has 1 unspecified atom stereocenters. The summed E-state index contributed by atoms with van der Waals surface area (Å²) in [5, 5.41) is 6.84.